The monoisotopic (exact) mass is 435 g/mol. The van der Waals surface area contributed by atoms with Crippen molar-refractivity contribution < 1.29 is 13.2 Å². The standard InChI is InChI=1S/C24H25N3O3S/c28-24-20-7-4-8-21-23(20)18(15-27(21)31(29,30)19-5-2-1-3-6-19)11-14-26(24)22-16-25-12-9-17(22)10-13-25/h1-8,15,17,22H,9-14,16H2/t22-/m1/s1. The van der Waals surface area contributed by atoms with E-state index >= 15 is 0 Å². The summed E-state index contributed by atoms with van der Waals surface area (Å²) in [4.78, 5) is 18.5. The van der Waals surface area contributed by atoms with Gasteiger partial charge in [-0.1, -0.05) is 24.3 Å². The van der Waals surface area contributed by atoms with Crippen LogP contribution in [0.4, 0.5) is 0 Å². The molecule has 4 aliphatic rings. The molecule has 7 heteroatoms. The number of rotatable bonds is 3. The first kappa shape index (κ1) is 19.1. The number of hydrogen-bond donors (Lipinski definition) is 0. The molecule has 1 aromatic heterocycles. The minimum atomic E-state index is -3.73. The molecule has 0 radical (unpaired) electrons. The predicted octanol–water partition coefficient (Wildman–Crippen LogP) is 2.97. The summed E-state index contributed by atoms with van der Waals surface area (Å²) < 4.78 is 28.0. The van der Waals surface area contributed by atoms with Crippen LogP contribution in [-0.4, -0.2) is 60.3 Å². The third-order valence-corrected chi connectivity index (χ3v) is 9.00. The van der Waals surface area contributed by atoms with Gasteiger partial charge >= 0.3 is 0 Å². The lowest BCUT2D eigenvalue weighted by Crippen LogP contribution is -2.58. The fraction of sp³-hybridized carbons (Fsp3) is 0.375. The highest BCUT2D eigenvalue weighted by molar-refractivity contribution is 7.90. The molecular formula is C24H25N3O3S. The number of carbonyl (C=O) groups excluding carboxylic acids is 1. The van der Waals surface area contributed by atoms with Crippen molar-refractivity contribution in [3.05, 3.63) is 65.9 Å². The van der Waals surface area contributed by atoms with E-state index in [9.17, 15) is 13.2 Å². The quantitative estimate of drug-likeness (QED) is 0.635. The van der Waals surface area contributed by atoms with Crippen molar-refractivity contribution >= 4 is 26.8 Å². The largest absolute Gasteiger partial charge is 0.334 e. The molecular weight excluding hydrogens is 410 g/mol. The van der Waals surface area contributed by atoms with Gasteiger partial charge < -0.3 is 9.80 Å². The molecule has 6 nitrogen and oxygen atoms in total. The Morgan fingerprint density at radius 3 is 2.39 bits per heavy atom. The van der Waals surface area contributed by atoms with Crippen LogP contribution in [0.3, 0.4) is 0 Å². The molecule has 2 aromatic carbocycles. The topological polar surface area (TPSA) is 62.6 Å². The number of nitrogens with zero attached hydrogens (tertiary/aromatic N) is 3. The van der Waals surface area contributed by atoms with E-state index in [2.05, 4.69) is 9.80 Å². The van der Waals surface area contributed by atoms with Crippen molar-refractivity contribution in [1.82, 2.24) is 13.8 Å². The molecule has 1 atom stereocenters. The fourth-order valence-electron chi connectivity index (χ4n) is 5.71. The van der Waals surface area contributed by atoms with Crippen molar-refractivity contribution in [3.8, 4) is 0 Å². The lowest BCUT2D eigenvalue weighted by Gasteiger charge is -2.49. The fourth-order valence-corrected chi connectivity index (χ4v) is 7.12. The van der Waals surface area contributed by atoms with Gasteiger partial charge in [0.2, 0.25) is 0 Å². The second-order valence-corrected chi connectivity index (χ2v) is 10.7. The summed E-state index contributed by atoms with van der Waals surface area (Å²) in [6.45, 7) is 3.87. The summed E-state index contributed by atoms with van der Waals surface area (Å²) in [5, 5.41) is 0.788. The molecule has 7 rings (SSSR count). The van der Waals surface area contributed by atoms with Crippen molar-refractivity contribution in [1.29, 1.82) is 0 Å². The van der Waals surface area contributed by atoms with Crippen LogP contribution < -0.4 is 0 Å². The third-order valence-electron chi connectivity index (χ3n) is 7.31. The first-order valence-electron chi connectivity index (χ1n) is 11.0. The number of piperidine rings is 3. The molecule has 4 aliphatic heterocycles. The Morgan fingerprint density at radius 2 is 1.68 bits per heavy atom. The van der Waals surface area contributed by atoms with Crippen LogP contribution in [0.2, 0.25) is 0 Å². The maximum atomic E-state index is 13.7. The lowest BCUT2D eigenvalue weighted by atomic mass is 9.83. The SMILES string of the molecule is O=C1c2cccc3c2c(cn3S(=O)(=O)c2ccccc2)CCN1[C@@H]1CN2CCC1CC2. The van der Waals surface area contributed by atoms with Crippen LogP contribution in [0.1, 0.15) is 28.8 Å². The maximum absolute atomic E-state index is 13.7. The predicted molar refractivity (Wildman–Crippen MR) is 119 cm³/mol. The van der Waals surface area contributed by atoms with Gasteiger partial charge in [-0.15, -0.1) is 0 Å². The first-order chi connectivity index (χ1) is 15.0. The number of carbonyl (C=O) groups is 1. The van der Waals surface area contributed by atoms with Gasteiger partial charge in [0.25, 0.3) is 15.9 Å². The van der Waals surface area contributed by atoms with Crippen molar-refractivity contribution in [2.45, 2.75) is 30.2 Å². The van der Waals surface area contributed by atoms with Crippen LogP contribution in [0.5, 0.6) is 0 Å². The first-order valence-corrected chi connectivity index (χ1v) is 12.4. The average molecular weight is 436 g/mol. The van der Waals surface area contributed by atoms with Crippen molar-refractivity contribution in [3.63, 3.8) is 0 Å². The Labute approximate surface area is 182 Å². The van der Waals surface area contributed by atoms with Gasteiger partial charge in [0, 0.05) is 36.3 Å². The molecule has 0 saturated carbocycles. The smallest absolute Gasteiger partial charge is 0.268 e. The van der Waals surface area contributed by atoms with Gasteiger partial charge in [-0.05, 0) is 68.1 Å². The molecule has 0 spiro atoms. The summed E-state index contributed by atoms with van der Waals surface area (Å²) in [5.74, 6) is 0.613. The van der Waals surface area contributed by atoms with Crippen molar-refractivity contribution in [2.75, 3.05) is 26.2 Å². The Morgan fingerprint density at radius 1 is 0.903 bits per heavy atom. The molecule has 3 saturated heterocycles. The summed E-state index contributed by atoms with van der Waals surface area (Å²) in [6.07, 6.45) is 4.71. The summed E-state index contributed by atoms with van der Waals surface area (Å²) in [6, 6.07) is 14.2. The molecule has 31 heavy (non-hydrogen) atoms. The number of aromatic nitrogens is 1. The Kier molecular flexibility index (Phi) is 4.27. The van der Waals surface area contributed by atoms with E-state index in [1.54, 1.807) is 48.7 Å². The van der Waals surface area contributed by atoms with E-state index in [-0.39, 0.29) is 16.8 Å². The molecule has 0 unspecified atom stereocenters. The second-order valence-electron chi connectivity index (χ2n) is 8.92. The number of fused-ring (bicyclic) bond motifs is 3. The van der Waals surface area contributed by atoms with Gasteiger partial charge in [0.05, 0.1) is 10.4 Å². The van der Waals surface area contributed by atoms with Crippen LogP contribution in [0.15, 0.2) is 59.6 Å². The summed E-state index contributed by atoms with van der Waals surface area (Å²) >= 11 is 0. The van der Waals surface area contributed by atoms with Crippen LogP contribution >= 0.6 is 0 Å². The normalized spacial score (nSPS) is 25.7. The summed E-state index contributed by atoms with van der Waals surface area (Å²) in [7, 11) is -3.73. The highest BCUT2D eigenvalue weighted by Gasteiger charge is 2.41. The molecule has 160 valence electrons. The van der Waals surface area contributed by atoms with Crippen LogP contribution in [0, 0.1) is 5.92 Å². The zero-order valence-corrected chi connectivity index (χ0v) is 18.1. The minimum Gasteiger partial charge on any atom is -0.334 e. The maximum Gasteiger partial charge on any atom is 0.268 e. The van der Waals surface area contributed by atoms with Crippen LogP contribution in [0.25, 0.3) is 10.9 Å². The van der Waals surface area contributed by atoms with E-state index in [0.29, 0.717) is 30.0 Å². The van der Waals surface area contributed by atoms with E-state index in [1.807, 2.05) is 6.07 Å². The number of amides is 1. The minimum absolute atomic E-state index is 0.0398. The zero-order chi connectivity index (χ0) is 21.2. The zero-order valence-electron chi connectivity index (χ0n) is 17.3. The highest BCUT2D eigenvalue weighted by atomic mass is 32.2. The Hall–Kier alpha value is -2.64. The van der Waals surface area contributed by atoms with E-state index < -0.39 is 10.0 Å². The molecule has 2 bridgehead atoms. The highest BCUT2D eigenvalue weighted by Crippen LogP contribution is 2.36. The Bertz CT molecular complexity index is 1270. The molecule has 3 aromatic rings. The molecule has 0 aliphatic carbocycles. The molecule has 1 amide bonds. The van der Waals surface area contributed by atoms with Gasteiger partial charge in [0.1, 0.15) is 0 Å². The van der Waals surface area contributed by atoms with E-state index in [4.69, 9.17) is 0 Å². The van der Waals surface area contributed by atoms with E-state index in [1.165, 1.54) is 3.97 Å². The van der Waals surface area contributed by atoms with Gasteiger partial charge in [-0.2, -0.15) is 0 Å². The number of benzene rings is 2. The molecule has 5 heterocycles. The third kappa shape index (κ3) is 2.87. The summed E-state index contributed by atoms with van der Waals surface area (Å²) in [5.41, 5.74) is 2.14. The van der Waals surface area contributed by atoms with Crippen molar-refractivity contribution in [2.24, 2.45) is 5.92 Å². The molecule has 0 N–H and O–H groups in total. The van der Waals surface area contributed by atoms with Gasteiger partial charge in [0.15, 0.2) is 0 Å². The average Bonchev–Trinajstić information content (AvgIpc) is 3.13. The van der Waals surface area contributed by atoms with Crippen LogP contribution in [-0.2, 0) is 16.4 Å². The lowest BCUT2D eigenvalue weighted by molar-refractivity contribution is 0.00826. The molecule has 3 fully saturated rings. The second kappa shape index (κ2) is 6.93. The Balaban J connectivity index is 1.45. The van der Waals surface area contributed by atoms with Gasteiger partial charge in [-0.25, -0.2) is 12.4 Å². The van der Waals surface area contributed by atoms with E-state index in [0.717, 1.165) is 43.4 Å². The van der Waals surface area contributed by atoms with Gasteiger partial charge in [-0.3, -0.25) is 4.79 Å². The number of hydrogen-bond acceptors (Lipinski definition) is 4.